The molecule has 0 bridgehead atoms. The molecule has 0 spiro atoms. The molecule has 0 aliphatic rings. The summed E-state index contributed by atoms with van der Waals surface area (Å²) in [5.74, 6) is 0.487. The molecule has 33 heavy (non-hydrogen) atoms. The van der Waals surface area contributed by atoms with Gasteiger partial charge in [-0.3, -0.25) is 0 Å². The minimum absolute atomic E-state index is 0.0676. The molecule has 0 heterocycles. The number of halogens is 2. The lowest BCUT2D eigenvalue weighted by Crippen LogP contribution is -2.18. The Kier molecular flexibility index (Phi) is 6.74. The minimum atomic E-state index is -3.95. The van der Waals surface area contributed by atoms with Crippen LogP contribution in [0, 0.1) is 0 Å². The first-order valence-electron chi connectivity index (χ1n) is 9.76. The van der Waals surface area contributed by atoms with E-state index in [2.05, 4.69) is 9.93 Å². The molecule has 0 saturated heterocycles. The highest BCUT2D eigenvalue weighted by Gasteiger charge is 2.15. The number of fused-ring (bicyclic) bond motifs is 1. The summed E-state index contributed by atoms with van der Waals surface area (Å²) < 4.78 is 30.9. The summed E-state index contributed by atoms with van der Waals surface area (Å²) in [5, 5.41) is 15.7. The van der Waals surface area contributed by atoms with E-state index in [1.807, 2.05) is 54.6 Å². The molecule has 4 rings (SSSR count). The number of hydrogen-bond donors (Lipinski definition) is 2. The van der Waals surface area contributed by atoms with Crippen LogP contribution in [0.2, 0.25) is 10.0 Å². The summed E-state index contributed by atoms with van der Waals surface area (Å²) in [6.07, 6.45) is 1.42. The fourth-order valence-corrected chi connectivity index (χ4v) is 4.34. The zero-order chi connectivity index (χ0) is 23.4. The lowest BCUT2D eigenvalue weighted by Gasteiger charge is -2.11. The van der Waals surface area contributed by atoms with Crippen molar-refractivity contribution in [3.05, 3.63) is 100 Å². The Morgan fingerprint density at radius 1 is 0.939 bits per heavy atom. The molecule has 0 atom stereocenters. The van der Waals surface area contributed by atoms with Crippen molar-refractivity contribution in [2.75, 3.05) is 0 Å². The number of hydrogen-bond acceptors (Lipinski definition) is 5. The van der Waals surface area contributed by atoms with Gasteiger partial charge in [-0.2, -0.15) is 13.5 Å². The Balaban J connectivity index is 1.54. The predicted octanol–water partition coefficient (Wildman–Crippen LogP) is 5.74. The first-order valence-corrected chi connectivity index (χ1v) is 12.0. The molecule has 0 aliphatic carbocycles. The van der Waals surface area contributed by atoms with Crippen molar-refractivity contribution in [1.29, 1.82) is 0 Å². The van der Waals surface area contributed by atoms with Gasteiger partial charge in [0.25, 0.3) is 10.0 Å². The second kappa shape index (κ2) is 9.70. The van der Waals surface area contributed by atoms with Crippen LogP contribution in [0.15, 0.2) is 88.9 Å². The largest absolute Gasteiger partial charge is 0.506 e. The molecule has 4 aromatic carbocycles. The molecule has 9 heteroatoms. The van der Waals surface area contributed by atoms with Crippen LogP contribution in [0.5, 0.6) is 11.5 Å². The number of nitrogens with zero attached hydrogens (tertiary/aromatic N) is 1. The molecular weight excluding hydrogens is 483 g/mol. The summed E-state index contributed by atoms with van der Waals surface area (Å²) in [7, 11) is -3.95. The molecule has 0 aromatic heterocycles. The first kappa shape index (κ1) is 22.9. The molecular formula is C24H18Cl2N2O4S. The molecule has 0 unspecified atom stereocenters. The molecule has 2 N–H and O–H groups in total. The molecule has 4 aromatic rings. The lowest BCUT2D eigenvalue weighted by molar-refractivity contribution is 0.310. The van der Waals surface area contributed by atoms with E-state index < -0.39 is 10.0 Å². The highest BCUT2D eigenvalue weighted by atomic mass is 35.5. The molecule has 168 valence electrons. The quantitative estimate of drug-likeness (QED) is 0.250. The number of phenols is 1. The lowest BCUT2D eigenvalue weighted by atomic mass is 10.0. The zero-order valence-electron chi connectivity index (χ0n) is 17.1. The van der Waals surface area contributed by atoms with Crippen LogP contribution in [0.25, 0.3) is 10.8 Å². The van der Waals surface area contributed by atoms with Gasteiger partial charge >= 0.3 is 0 Å². The van der Waals surface area contributed by atoms with Crippen LogP contribution >= 0.6 is 23.2 Å². The van der Waals surface area contributed by atoms with E-state index in [-0.39, 0.29) is 15.7 Å². The van der Waals surface area contributed by atoms with Crippen LogP contribution in [0.1, 0.15) is 11.1 Å². The summed E-state index contributed by atoms with van der Waals surface area (Å²) in [4.78, 5) is 2.05. The molecule has 0 aliphatic heterocycles. The maximum atomic E-state index is 12.5. The van der Waals surface area contributed by atoms with Crippen LogP contribution in [0.3, 0.4) is 0 Å². The number of benzene rings is 4. The SMILES string of the molecule is O=S(=O)(NN=Cc1ccc(OCc2ccc(Cl)cc2)c2ccccc12)c1ccc(O)c(Cl)c1. The van der Waals surface area contributed by atoms with Gasteiger partial charge in [0.1, 0.15) is 18.1 Å². The summed E-state index contributed by atoms with van der Waals surface area (Å²) in [6, 6.07) is 22.2. The van der Waals surface area contributed by atoms with E-state index >= 15 is 0 Å². The number of aromatic hydroxyl groups is 1. The third-order valence-corrected chi connectivity index (χ3v) is 6.61. The van der Waals surface area contributed by atoms with Crippen molar-refractivity contribution in [1.82, 2.24) is 4.83 Å². The molecule has 0 fully saturated rings. The molecule has 0 amide bonds. The van der Waals surface area contributed by atoms with Gasteiger partial charge in [0.2, 0.25) is 0 Å². The Labute approximate surface area is 201 Å². The Morgan fingerprint density at radius 3 is 2.39 bits per heavy atom. The van der Waals surface area contributed by atoms with Crippen LogP contribution < -0.4 is 9.57 Å². The van der Waals surface area contributed by atoms with Gasteiger partial charge in [0.15, 0.2) is 0 Å². The average molecular weight is 501 g/mol. The second-order valence-corrected chi connectivity index (χ2v) is 9.58. The van der Waals surface area contributed by atoms with Crippen molar-refractivity contribution < 1.29 is 18.3 Å². The first-order chi connectivity index (χ1) is 15.8. The maximum Gasteiger partial charge on any atom is 0.276 e. The van der Waals surface area contributed by atoms with E-state index in [0.717, 1.165) is 22.4 Å². The fraction of sp³-hybridized carbons (Fsp3) is 0.0417. The zero-order valence-corrected chi connectivity index (χ0v) is 19.4. The van der Waals surface area contributed by atoms with Gasteiger partial charge in [-0.25, -0.2) is 4.83 Å². The topological polar surface area (TPSA) is 88.0 Å². The minimum Gasteiger partial charge on any atom is -0.506 e. The smallest absolute Gasteiger partial charge is 0.276 e. The van der Waals surface area contributed by atoms with Crippen LogP contribution in [-0.2, 0) is 16.6 Å². The van der Waals surface area contributed by atoms with E-state index in [4.69, 9.17) is 27.9 Å². The van der Waals surface area contributed by atoms with Crippen molar-refractivity contribution >= 4 is 50.2 Å². The van der Waals surface area contributed by atoms with Gasteiger partial charge < -0.3 is 9.84 Å². The number of hydrazone groups is 1. The molecule has 0 radical (unpaired) electrons. The van der Waals surface area contributed by atoms with Gasteiger partial charge in [0, 0.05) is 16.0 Å². The van der Waals surface area contributed by atoms with Crippen molar-refractivity contribution in [2.45, 2.75) is 11.5 Å². The fourth-order valence-electron chi connectivity index (χ4n) is 3.15. The number of phenolic OH excluding ortho intramolecular Hbond substituents is 1. The molecule has 0 saturated carbocycles. The summed E-state index contributed by atoms with van der Waals surface area (Å²) in [5.41, 5.74) is 1.69. The van der Waals surface area contributed by atoms with Gasteiger partial charge in [0.05, 0.1) is 16.1 Å². The highest BCUT2D eigenvalue weighted by molar-refractivity contribution is 7.89. The normalized spacial score (nSPS) is 11.7. The predicted molar refractivity (Wildman–Crippen MR) is 131 cm³/mol. The number of rotatable bonds is 7. The van der Waals surface area contributed by atoms with Crippen LogP contribution in [0.4, 0.5) is 0 Å². The standard InChI is InChI=1S/C24H18Cl2N2O4S/c25-18-8-5-16(6-9-18)15-32-24-12-7-17(20-3-1-2-4-21(20)24)14-27-28-33(30,31)19-10-11-23(29)22(26)13-19/h1-14,28-29H,15H2. The Hall–Kier alpha value is -3.26. The Morgan fingerprint density at radius 2 is 1.67 bits per heavy atom. The van der Waals surface area contributed by atoms with Gasteiger partial charge in [-0.05, 0) is 53.4 Å². The average Bonchev–Trinajstić information content (AvgIpc) is 2.81. The van der Waals surface area contributed by atoms with Crippen molar-refractivity contribution in [3.8, 4) is 11.5 Å². The van der Waals surface area contributed by atoms with Crippen molar-refractivity contribution in [2.24, 2.45) is 5.10 Å². The number of ether oxygens (including phenoxy) is 1. The Bertz CT molecular complexity index is 1440. The third kappa shape index (κ3) is 5.39. The summed E-state index contributed by atoms with van der Waals surface area (Å²) >= 11 is 11.7. The van der Waals surface area contributed by atoms with Crippen LogP contribution in [-0.4, -0.2) is 19.7 Å². The second-order valence-electron chi connectivity index (χ2n) is 7.08. The third-order valence-electron chi connectivity index (χ3n) is 4.83. The van der Waals surface area contributed by atoms with E-state index in [1.54, 1.807) is 6.07 Å². The van der Waals surface area contributed by atoms with E-state index in [1.165, 1.54) is 18.3 Å². The van der Waals surface area contributed by atoms with Gasteiger partial charge in [-0.1, -0.05) is 59.6 Å². The number of nitrogens with one attached hydrogen (secondary N) is 1. The molecule has 6 nitrogen and oxygen atoms in total. The monoisotopic (exact) mass is 500 g/mol. The highest BCUT2D eigenvalue weighted by Crippen LogP contribution is 2.29. The van der Waals surface area contributed by atoms with E-state index in [9.17, 15) is 13.5 Å². The number of sulfonamides is 1. The van der Waals surface area contributed by atoms with Crippen molar-refractivity contribution in [3.63, 3.8) is 0 Å². The van der Waals surface area contributed by atoms with Gasteiger partial charge in [-0.15, -0.1) is 0 Å². The van der Waals surface area contributed by atoms with E-state index in [0.29, 0.717) is 22.9 Å². The summed E-state index contributed by atoms with van der Waals surface area (Å²) in [6.45, 7) is 0.379. The maximum absolute atomic E-state index is 12.5.